The van der Waals surface area contributed by atoms with Crippen molar-refractivity contribution in [3.63, 3.8) is 0 Å². The van der Waals surface area contributed by atoms with Gasteiger partial charge in [0.25, 0.3) is 0 Å². The lowest BCUT2D eigenvalue weighted by Crippen LogP contribution is -2.20. The number of benzene rings is 1. The molecule has 1 amide bonds. The molecule has 2 aliphatic carbocycles. The summed E-state index contributed by atoms with van der Waals surface area (Å²) in [6.07, 6.45) is 4.49. The van der Waals surface area contributed by atoms with Gasteiger partial charge in [-0.05, 0) is 61.5 Å². The zero-order valence-electron chi connectivity index (χ0n) is 15.7. The topological polar surface area (TPSA) is 65.2 Å². The largest absolute Gasteiger partial charge is 0.487 e. The third-order valence-corrected chi connectivity index (χ3v) is 6.32. The Morgan fingerprint density at radius 2 is 2.00 bits per heavy atom. The molecule has 2 fully saturated rings. The molecule has 0 aliphatic heterocycles. The number of halogens is 1. The molecule has 0 unspecified atom stereocenters. The smallest absolute Gasteiger partial charge is 0.248 e. The van der Waals surface area contributed by atoms with Crippen LogP contribution in [0.2, 0.25) is 0 Å². The fraction of sp³-hybridized carbons (Fsp3) is 0.455. The fourth-order valence-corrected chi connectivity index (χ4v) is 5.07. The Morgan fingerprint density at radius 1 is 1.30 bits per heavy atom. The number of aryl methyl sites for hydroxylation is 1. The minimum atomic E-state index is -0.364. The van der Waals surface area contributed by atoms with Crippen molar-refractivity contribution in [3.8, 4) is 5.75 Å². The lowest BCUT2D eigenvalue weighted by molar-refractivity contribution is 0.0998. The van der Waals surface area contributed by atoms with Crippen LogP contribution in [-0.2, 0) is 0 Å². The van der Waals surface area contributed by atoms with Gasteiger partial charge in [-0.3, -0.25) is 9.78 Å². The molecule has 4 nitrogen and oxygen atoms in total. The van der Waals surface area contributed by atoms with Crippen LogP contribution >= 0.6 is 0 Å². The fourth-order valence-electron chi connectivity index (χ4n) is 5.07. The molecule has 1 aromatic heterocycles. The number of rotatable bonds is 6. The maximum Gasteiger partial charge on any atom is 0.248 e. The van der Waals surface area contributed by atoms with Crippen LogP contribution in [0.4, 0.5) is 4.39 Å². The first-order chi connectivity index (χ1) is 13.0. The molecule has 3 atom stereocenters. The third kappa shape index (κ3) is 3.20. The molecule has 27 heavy (non-hydrogen) atoms. The molecule has 142 valence electrons. The molecule has 4 rings (SSSR count). The van der Waals surface area contributed by atoms with E-state index < -0.39 is 0 Å². The van der Waals surface area contributed by atoms with Gasteiger partial charge in [0.1, 0.15) is 0 Å². The highest BCUT2D eigenvalue weighted by molar-refractivity contribution is 5.94. The molecule has 0 saturated heterocycles. The molecule has 1 aromatic carbocycles. The number of carbonyl (C=O) groups is 1. The SMILES string of the molecule is CC[C@H](c1ccccc1C(N)=O)C1[C@H]2CC(Oc3ccnc(C)c3F)C[C@H]12. The average molecular weight is 368 g/mol. The molecule has 1 heterocycles. The van der Waals surface area contributed by atoms with Crippen LogP contribution in [0, 0.1) is 30.5 Å². The lowest BCUT2D eigenvalue weighted by Gasteiger charge is -2.23. The molecule has 2 aromatic rings. The molecular weight excluding hydrogens is 343 g/mol. The Balaban J connectivity index is 1.45. The van der Waals surface area contributed by atoms with Crippen molar-refractivity contribution < 1.29 is 13.9 Å². The summed E-state index contributed by atoms with van der Waals surface area (Å²) in [7, 11) is 0. The van der Waals surface area contributed by atoms with Crippen LogP contribution in [0.5, 0.6) is 5.75 Å². The minimum absolute atomic E-state index is 0.0523. The number of ether oxygens (including phenoxy) is 1. The third-order valence-electron chi connectivity index (χ3n) is 6.32. The zero-order valence-corrected chi connectivity index (χ0v) is 15.7. The van der Waals surface area contributed by atoms with Gasteiger partial charge in [0.05, 0.1) is 11.8 Å². The standard InChI is InChI=1S/C22H25FN2O2/c1-3-14(15-6-4-5-7-16(15)22(24)26)20-17-10-13(11-18(17)20)27-19-8-9-25-12(2)21(19)23/h4-9,13-14,17-18,20H,3,10-11H2,1-2H3,(H2,24,26)/t13?,14-,17+,18+,20?/m1/s1. The van der Waals surface area contributed by atoms with E-state index in [4.69, 9.17) is 10.5 Å². The highest BCUT2D eigenvalue weighted by atomic mass is 19.1. The van der Waals surface area contributed by atoms with E-state index >= 15 is 0 Å². The average Bonchev–Trinajstić information content (AvgIpc) is 3.13. The summed E-state index contributed by atoms with van der Waals surface area (Å²) in [4.78, 5) is 15.8. The van der Waals surface area contributed by atoms with E-state index in [2.05, 4.69) is 11.9 Å². The number of primary amides is 1. The Hall–Kier alpha value is -2.43. The molecule has 0 spiro atoms. The van der Waals surface area contributed by atoms with Crippen molar-refractivity contribution in [2.24, 2.45) is 23.5 Å². The van der Waals surface area contributed by atoms with Gasteiger partial charge >= 0.3 is 0 Å². The summed E-state index contributed by atoms with van der Waals surface area (Å²) in [5, 5.41) is 0. The van der Waals surface area contributed by atoms with Crippen LogP contribution in [0.25, 0.3) is 0 Å². The number of hydrogen-bond donors (Lipinski definition) is 1. The first-order valence-electron chi connectivity index (χ1n) is 9.67. The summed E-state index contributed by atoms with van der Waals surface area (Å²) in [6, 6.07) is 9.29. The number of hydrogen-bond acceptors (Lipinski definition) is 3. The van der Waals surface area contributed by atoms with Crippen LogP contribution in [-0.4, -0.2) is 17.0 Å². The van der Waals surface area contributed by atoms with Crippen molar-refractivity contribution in [1.82, 2.24) is 4.98 Å². The quantitative estimate of drug-likeness (QED) is 0.830. The van der Waals surface area contributed by atoms with Crippen molar-refractivity contribution >= 4 is 5.91 Å². The van der Waals surface area contributed by atoms with Crippen LogP contribution in [0.15, 0.2) is 36.5 Å². The predicted molar refractivity (Wildman–Crippen MR) is 101 cm³/mol. The second kappa shape index (κ2) is 6.95. The second-order valence-electron chi connectivity index (χ2n) is 7.79. The van der Waals surface area contributed by atoms with Gasteiger partial charge in [-0.1, -0.05) is 25.1 Å². The Labute approximate surface area is 158 Å². The maximum atomic E-state index is 14.1. The van der Waals surface area contributed by atoms with Crippen molar-refractivity contribution in [3.05, 3.63) is 59.2 Å². The van der Waals surface area contributed by atoms with Gasteiger partial charge in [0, 0.05) is 17.8 Å². The molecule has 0 radical (unpaired) electrons. The van der Waals surface area contributed by atoms with Crippen LogP contribution in [0.3, 0.4) is 0 Å². The molecule has 5 heteroatoms. The number of fused-ring (bicyclic) bond motifs is 1. The lowest BCUT2D eigenvalue weighted by atomic mass is 9.84. The zero-order chi connectivity index (χ0) is 19.1. The van der Waals surface area contributed by atoms with E-state index in [1.54, 1.807) is 19.2 Å². The second-order valence-corrected chi connectivity index (χ2v) is 7.79. The monoisotopic (exact) mass is 368 g/mol. The van der Waals surface area contributed by atoms with Crippen molar-refractivity contribution in [2.45, 2.75) is 45.1 Å². The van der Waals surface area contributed by atoms with E-state index in [0.717, 1.165) is 24.8 Å². The number of carbonyl (C=O) groups excluding carboxylic acids is 1. The van der Waals surface area contributed by atoms with Gasteiger partial charge in [0.2, 0.25) is 5.91 Å². The highest BCUT2D eigenvalue weighted by Crippen LogP contribution is 2.64. The first-order valence-corrected chi connectivity index (χ1v) is 9.67. The summed E-state index contributed by atoms with van der Waals surface area (Å²) in [6.45, 7) is 3.81. The van der Waals surface area contributed by atoms with E-state index in [1.807, 2.05) is 24.3 Å². The van der Waals surface area contributed by atoms with E-state index in [0.29, 0.717) is 40.7 Å². The van der Waals surface area contributed by atoms with Crippen molar-refractivity contribution in [2.75, 3.05) is 0 Å². The summed E-state index contributed by atoms with van der Waals surface area (Å²) in [5.41, 5.74) is 7.65. The number of amides is 1. The summed E-state index contributed by atoms with van der Waals surface area (Å²) < 4.78 is 20.1. The Kier molecular flexibility index (Phi) is 4.62. The Morgan fingerprint density at radius 3 is 2.67 bits per heavy atom. The normalized spacial score (nSPS) is 25.1. The summed E-state index contributed by atoms with van der Waals surface area (Å²) >= 11 is 0. The molecule has 2 N–H and O–H groups in total. The summed E-state index contributed by atoms with van der Waals surface area (Å²) in [5.74, 6) is 1.62. The van der Waals surface area contributed by atoms with Crippen LogP contribution in [0.1, 0.15) is 53.7 Å². The Bertz CT molecular complexity index is 857. The first kappa shape index (κ1) is 18.0. The molecular formula is C22H25FN2O2. The van der Waals surface area contributed by atoms with Gasteiger partial charge < -0.3 is 10.5 Å². The van der Waals surface area contributed by atoms with Gasteiger partial charge in [-0.15, -0.1) is 0 Å². The van der Waals surface area contributed by atoms with Gasteiger partial charge in [0.15, 0.2) is 11.6 Å². The molecule has 2 aliphatic rings. The maximum absolute atomic E-state index is 14.1. The predicted octanol–water partition coefficient (Wildman–Crippen LogP) is 4.23. The number of nitrogens with two attached hydrogens (primary N) is 1. The number of nitrogens with zero attached hydrogens (tertiary/aromatic N) is 1. The van der Waals surface area contributed by atoms with E-state index in [-0.39, 0.29) is 17.8 Å². The minimum Gasteiger partial charge on any atom is -0.487 e. The van der Waals surface area contributed by atoms with Crippen LogP contribution < -0.4 is 10.5 Å². The van der Waals surface area contributed by atoms with Crippen molar-refractivity contribution in [1.29, 1.82) is 0 Å². The van der Waals surface area contributed by atoms with Gasteiger partial charge in [-0.25, -0.2) is 4.39 Å². The van der Waals surface area contributed by atoms with Gasteiger partial charge in [-0.2, -0.15) is 0 Å². The van der Waals surface area contributed by atoms with E-state index in [1.165, 1.54) is 0 Å². The number of pyridine rings is 1. The number of aromatic nitrogens is 1. The highest BCUT2D eigenvalue weighted by Gasteiger charge is 2.59. The van der Waals surface area contributed by atoms with E-state index in [9.17, 15) is 9.18 Å². The molecule has 2 saturated carbocycles. The molecule has 0 bridgehead atoms.